The summed E-state index contributed by atoms with van der Waals surface area (Å²) in [6.45, 7) is 3.12. The summed E-state index contributed by atoms with van der Waals surface area (Å²) in [6.07, 6.45) is -4.20. The Balaban J connectivity index is 0.000000454. The highest BCUT2D eigenvalue weighted by Crippen LogP contribution is 2.39. The van der Waals surface area contributed by atoms with Gasteiger partial charge in [0, 0.05) is 25.0 Å². The van der Waals surface area contributed by atoms with Gasteiger partial charge < -0.3 is 14.9 Å². The molecule has 14 heteroatoms. The van der Waals surface area contributed by atoms with E-state index in [2.05, 4.69) is 17.1 Å². The van der Waals surface area contributed by atoms with Crippen molar-refractivity contribution >= 4 is 35.3 Å². The predicted octanol–water partition coefficient (Wildman–Crippen LogP) is 1.39. The number of hydrogen-bond acceptors (Lipinski definition) is 7. The first-order valence-electron chi connectivity index (χ1n) is 10.8. The van der Waals surface area contributed by atoms with Gasteiger partial charge in [-0.15, -0.1) is 0 Å². The summed E-state index contributed by atoms with van der Waals surface area (Å²) in [6, 6.07) is 1.42. The molecule has 0 aliphatic carbocycles. The molecular weight excluding hydrogens is 492 g/mol. The zero-order chi connectivity index (χ0) is 27.2. The maximum Gasteiger partial charge on any atom is 0.490 e. The monoisotopic (exact) mass is 516 g/mol. The van der Waals surface area contributed by atoms with Crippen molar-refractivity contribution < 1.29 is 46.6 Å². The Hall–Kier alpha value is -3.55. The average molecular weight is 516 g/mol. The number of carboxylic acid groups (broad SMARTS) is 1. The van der Waals surface area contributed by atoms with Gasteiger partial charge in [0.15, 0.2) is 0 Å². The number of alkyl halides is 3. The highest BCUT2D eigenvalue weighted by atomic mass is 19.4. The van der Waals surface area contributed by atoms with Crippen LogP contribution in [0.15, 0.2) is 12.1 Å². The number of carboxylic acids is 1. The molecule has 4 amide bonds. The normalized spacial score (nSPS) is 24.1. The Morgan fingerprint density at radius 1 is 1.17 bits per heavy atom. The van der Waals surface area contributed by atoms with Crippen LogP contribution in [0.3, 0.4) is 0 Å². The van der Waals surface area contributed by atoms with E-state index < -0.39 is 47.6 Å². The lowest BCUT2D eigenvalue weighted by Gasteiger charge is -2.33. The van der Waals surface area contributed by atoms with Crippen LogP contribution in [0.4, 0.5) is 23.2 Å². The number of rotatable bonds is 3. The molecule has 0 aromatic heterocycles. The zero-order valence-corrected chi connectivity index (χ0v) is 19.6. The van der Waals surface area contributed by atoms with Crippen LogP contribution in [0.5, 0.6) is 0 Å². The third kappa shape index (κ3) is 4.90. The smallest absolute Gasteiger partial charge is 0.475 e. The van der Waals surface area contributed by atoms with Gasteiger partial charge in [-0.25, -0.2) is 9.18 Å². The van der Waals surface area contributed by atoms with Gasteiger partial charge in [0.05, 0.1) is 16.8 Å². The third-order valence-electron chi connectivity index (χ3n) is 6.62. The Labute approximate surface area is 202 Å². The number of amides is 4. The highest BCUT2D eigenvalue weighted by molar-refractivity contribution is 6.25. The minimum absolute atomic E-state index is 0.00251. The Kier molecular flexibility index (Phi) is 7.12. The molecule has 10 nitrogen and oxygen atoms in total. The lowest BCUT2D eigenvalue weighted by molar-refractivity contribution is -0.192. The standard InChI is InChI=1S/C20H23FN4O4.C2HF3O2/c1-20(23(2)3)8-9-24(10-20)16-12(21)5-4-11-15(16)19(29)25(18(11)28)13-6-7-14(26)22-17(13)27;3-2(4,5)1(6)7/h4-5,13H,6-10H2,1-3H3,(H,22,26,27);(H,6,7). The molecule has 3 aliphatic heterocycles. The molecule has 2 saturated heterocycles. The number of halogens is 4. The molecule has 0 saturated carbocycles. The number of carbonyl (C=O) groups excluding carboxylic acids is 4. The number of fused-ring (bicyclic) bond motifs is 1. The number of carbonyl (C=O) groups is 5. The minimum atomic E-state index is -5.08. The SMILES string of the molecule is CN(C)C1(C)CCN(c2c(F)ccc3c2C(=O)N(C2CCC(=O)NC2=O)C3=O)C1.O=C(O)C(F)(F)F. The van der Waals surface area contributed by atoms with Crippen LogP contribution >= 0.6 is 0 Å². The summed E-state index contributed by atoms with van der Waals surface area (Å²) in [5.74, 6) is -5.76. The number of benzene rings is 1. The Bertz CT molecular complexity index is 1140. The molecule has 1 aromatic rings. The number of piperidine rings is 1. The minimum Gasteiger partial charge on any atom is -0.475 e. The molecule has 36 heavy (non-hydrogen) atoms. The van der Waals surface area contributed by atoms with E-state index in [1.54, 1.807) is 4.90 Å². The molecule has 3 heterocycles. The number of hydrogen-bond donors (Lipinski definition) is 2. The van der Waals surface area contributed by atoms with Crippen LogP contribution in [0.2, 0.25) is 0 Å². The second-order valence-corrected chi connectivity index (χ2v) is 9.13. The first-order valence-corrected chi connectivity index (χ1v) is 10.8. The number of anilines is 1. The number of likely N-dealkylation sites (N-methyl/N-ethyl adjacent to an activating group) is 1. The van der Waals surface area contributed by atoms with Gasteiger partial charge in [-0.1, -0.05) is 0 Å². The van der Waals surface area contributed by atoms with Crippen molar-refractivity contribution in [3.05, 3.63) is 29.1 Å². The van der Waals surface area contributed by atoms with Crippen molar-refractivity contribution in [1.82, 2.24) is 15.1 Å². The summed E-state index contributed by atoms with van der Waals surface area (Å²) >= 11 is 0. The number of nitrogens with zero attached hydrogens (tertiary/aromatic N) is 3. The first kappa shape index (κ1) is 27.0. The molecule has 2 unspecified atom stereocenters. The van der Waals surface area contributed by atoms with Crippen LogP contribution in [-0.4, -0.2) is 89.4 Å². The summed E-state index contributed by atoms with van der Waals surface area (Å²) in [7, 11) is 3.91. The molecule has 3 aliphatic rings. The zero-order valence-electron chi connectivity index (χ0n) is 19.6. The van der Waals surface area contributed by atoms with Crippen molar-refractivity contribution in [2.24, 2.45) is 0 Å². The van der Waals surface area contributed by atoms with E-state index in [4.69, 9.17) is 9.90 Å². The lowest BCUT2D eigenvalue weighted by atomic mass is 10.0. The molecule has 0 spiro atoms. The van der Waals surface area contributed by atoms with Crippen molar-refractivity contribution in [2.75, 3.05) is 32.1 Å². The van der Waals surface area contributed by atoms with Gasteiger partial charge in [0.2, 0.25) is 11.8 Å². The van der Waals surface area contributed by atoms with E-state index in [9.17, 15) is 36.7 Å². The van der Waals surface area contributed by atoms with Gasteiger partial charge in [-0.05, 0) is 46.0 Å². The van der Waals surface area contributed by atoms with Crippen LogP contribution in [0, 0.1) is 5.82 Å². The fourth-order valence-electron chi connectivity index (χ4n) is 4.32. The average Bonchev–Trinajstić information content (AvgIpc) is 3.27. The molecule has 2 N–H and O–H groups in total. The van der Waals surface area contributed by atoms with Crippen molar-refractivity contribution in [3.8, 4) is 0 Å². The van der Waals surface area contributed by atoms with Crippen LogP contribution < -0.4 is 10.2 Å². The van der Waals surface area contributed by atoms with E-state index >= 15 is 0 Å². The van der Waals surface area contributed by atoms with Gasteiger partial charge in [0.25, 0.3) is 11.8 Å². The summed E-state index contributed by atoms with van der Waals surface area (Å²) in [5.41, 5.74) is 0.0166. The summed E-state index contributed by atoms with van der Waals surface area (Å²) in [5, 5.41) is 9.29. The third-order valence-corrected chi connectivity index (χ3v) is 6.62. The molecule has 196 valence electrons. The van der Waals surface area contributed by atoms with Gasteiger partial charge in [-0.3, -0.25) is 29.4 Å². The van der Waals surface area contributed by atoms with Crippen molar-refractivity contribution in [3.63, 3.8) is 0 Å². The maximum absolute atomic E-state index is 14.9. The predicted molar refractivity (Wildman–Crippen MR) is 116 cm³/mol. The van der Waals surface area contributed by atoms with E-state index in [0.29, 0.717) is 13.1 Å². The molecule has 4 rings (SSSR count). The largest absolute Gasteiger partial charge is 0.490 e. The highest BCUT2D eigenvalue weighted by Gasteiger charge is 2.48. The van der Waals surface area contributed by atoms with Crippen LogP contribution in [0.25, 0.3) is 0 Å². The van der Waals surface area contributed by atoms with Crippen LogP contribution in [-0.2, 0) is 14.4 Å². The van der Waals surface area contributed by atoms with Crippen molar-refractivity contribution in [2.45, 2.75) is 43.9 Å². The number of aliphatic carboxylic acids is 1. The van der Waals surface area contributed by atoms with Gasteiger partial charge in [-0.2, -0.15) is 13.2 Å². The second-order valence-electron chi connectivity index (χ2n) is 9.13. The topological polar surface area (TPSA) is 127 Å². The maximum atomic E-state index is 14.9. The van der Waals surface area contributed by atoms with E-state index in [0.717, 1.165) is 11.3 Å². The summed E-state index contributed by atoms with van der Waals surface area (Å²) in [4.78, 5) is 63.4. The molecule has 0 radical (unpaired) electrons. The summed E-state index contributed by atoms with van der Waals surface area (Å²) < 4.78 is 46.6. The molecule has 2 fully saturated rings. The number of imide groups is 2. The van der Waals surface area contributed by atoms with E-state index in [1.807, 2.05) is 14.1 Å². The molecule has 0 bridgehead atoms. The Morgan fingerprint density at radius 3 is 2.28 bits per heavy atom. The molecular formula is C22H24F4N4O6. The van der Waals surface area contributed by atoms with E-state index in [-0.39, 0.29) is 35.2 Å². The Morgan fingerprint density at radius 2 is 1.78 bits per heavy atom. The van der Waals surface area contributed by atoms with Crippen LogP contribution in [0.1, 0.15) is 46.9 Å². The van der Waals surface area contributed by atoms with Gasteiger partial charge >= 0.3 is 12.1 Å². The second kappa shape index (κ2) is 9.48. The lowest BCUT2D eigenvalue weighted by Crippen LogP contribution is -2.54. The fraction of sp³-hybridized carbons (Fsp3) is 0.500. The number of nitrogens with one attached hydrogen (secondary N) is 1. The molecule has 1 aromatic carbocycles. The van der Waals surface area contributed by atoms with E-state index in [1.165, 1.54) is 12.1 Å². The quantitative estimate of drug-likeness (QED) is 0.456. The van der Waals surface area contributed by atoms with Gasteiger partial charge in [0.1, 0.15) is 11.9 Å². The molecule has 2 atom stereocenters. The van der Waals surface area contributed by atoms with Crippen molar-refractivity contribution in [1.29, 1.82) is 0 Å². The first-order chi connectivity index (χ1) is 16.6. The fourth-order valence-corrected chi connectivity index (χ4v) is 4.32.